The second kappa shape index (κ2) is 9.77. The van der Waals surface area contributed by atoms with Crippen LogP contribution in [0.2, 0.25) is 0 Å². The molecule has 2 fully saturated rings. The first kappa shape index (κ1) is 21.1. The summed E-state index contributed by atoms with van der Waals surface area (Å²) < 4.78 is 11.5. The normalized spacial score (nSPS) is 20.6. The third-order valence-electron chi connectivity index (χ3n) is 6.37. The minimum absolute atomic E-state index is 0.0300. The Morgan fingerprint density at radius 3 is 2.50 bits per heavy atom. The molecule has 2 heterocycles. The van der Waals surface area contributed by atoms with E-state index in [0.29, 0.717) is 11.3 Å². The van der Waals surface area contributed by atoms with E-state index in [-0.39, 0.29) is 12.5 Å². The maximum atomic E-state index is 13.1. The van der Waals surface area contributed by atoms with E-state index >= 15 is 0 Å². The molecule has 1 aliphatic heterocycles. The third-order valence-corrected chi connectivity index (χ3v) is 6.37. The van der Waals surface area contributed by atoms with Crippen LogP contribution in [0.3, 0.4) is 0 Å². The first-order chi connectivity index (χ1) is 14.7. The highest BCUT2D eigenvalue weighted by molar-refractivity contribution is 5.81. The van der Waals surface area contributed by atoms with Crippen LogP contribution in [0.4, 0.5) is 0 Å². The molecular formula is C24H32N2O4. The van der Waals surface area contributed by atoms with Gasteiger partial charge in [-0.15, -0.1) is 0 Å². The number of nitrogens with zero attached hydrogens (tertiary/aromatic N) is 1. The van der Waals surface area contributed by atoms with Gasteiger partial charge in [0, 0.05) is 32.1 Å². The zero-order chi connectivity index (χ0) is 20.8. The lowest BCUT2D eigenvalue weighted by Crippen LogP contribution is -2.45. The van der Waals surface area contributed by atoms with Crippen molar-refractivity contribution in [2.45, 2.75) is 50.9 Å². The van der Waals surface area contributed by atoms with Crippen LogP contribution in [0.15, 0.2) is 46.9 Å². The van der Waals surface area contributed by atoms with Crippen molar-refractivity contribution in [2.75, 3.05) is 26.2 Å². The fourth-order valence-corrected chi connectivity index (χ4v) is 4.65. The number of rotatable bonds is 7. The molecule has 0 spiro atoms. The van der Waals surface area contributed by atoms with Crippen LogP contribution in [-0.4, -0.2) is 42.2 Å². The van der Waals surface area contributed by atoms with Crippen molar-refractivity contribution >= 4 is 5.97 Å². The van der Waals surface area contributed by atoms with E-state index in [0.717, 1.165) is 70.6 Å². The van der Waals surface area contributed by atoms with E-state index < -0.39 is 11.6 Å². The Hall–Kier alpha value is -2.15. The van der Waals surface area contributed by atoms with Gasteiger partial charge >= 0.3 is 5.97 Å². The van der Waals surface area contributed by atoms with Gasteiger partial charge in [-0.2, -0.15) is 0 Å². The molecule has 1 atom stereocenters. The number of hydrogen-bond acceptors (Lipinski definition) is 6. The van der Waals surface area contributed by atoms with Crippen LogP contribution < -0.4 is 5.32 Å². The zero-order valence-electron chi connectivity index (χ0n) is 17.5. The molecule has 30 heavy (non-hydrogen) atoms. The summed E-state index contributed by atoms with van der Waals surface area (Å²) in [5.74, 6) is 0.766. The zero-order valence-corrected chi connectivity index (χ0v) is 17.5. The van der Waals surface area contributed by atoms with Gasteiger partial charge in [0.15, 0.2) is 5.60 Å². The van der Waals surface area contributed by atoms with Gasteiger partial charge in [-0.05, 0) is 30.5 Å². The molecule has 1 saturated heterocycles. The second-order valence-corrected chi connectivity index (χ2v) is 8.44. The first-order valence-electron chi connectivity index (χ1n) is 11.1. The summed E-state index contributed by atoms with van der Waals surface area (Å²) in [6.07, 6.45) is 4.87. The van der Waals surface area contributed by atoms with Crippen LogP contribution in [0.25, 0.3) is 0 Å². The number of carbonyl (C=O) groups is 1. The quantitative estimate of drug-likeness (QED) is 0.681. The molecule has 1 aromatic carbocycles. The molecule has 4 rings (SSSR count). The molecule has 0 unspecified atom stereocenters. The SMILES string of the molecule is O=C(OCc1ccc(CN2CCNCC2)o1)[C@](O)(c1ccccc1)C1CCCCC1. The summed E-state index contributed by atoms with van der Waals surface area (Å²) in [6, 6.07) is 13.0. The maximum absolute atomic E-state index is 13.1. The Bertz CT molecular complexity index is 810. The van der Waals surface area contributed by atoms with Gasteiger partial charge in [-0.25, -0.2) is 4.79 Å². The smallest absolute Gasteiger partial charge is 0.343 e. The predicted molar refractivity (Wildman–Crippen MR) is 114 cm³/mol. The number of ether oxygens (including phenoxy) is 1. The molecule has 2 aromatic rings. The second-order valence-electron chi connectivity index (χ2n) is 8.44. The lowest BCUT2D eigenvalue weighted by molar-refractivity contribution is -0.177. The first-order valence-corrected chi connectivity index (χ1v) is 11.1. The average Bonchev–Trinajstić information content (AvgIpc) is 3.26. The maximum Gasteiger partial charge on any atom is 0.343 e. The highest BCUT2D eigenvalue weighted by atomic mass is 16.6. The average molecular weight is 413 g/mol. The summed E-state index contributed by atoms with van der Waals surface area (Å²) >= 11 is 0. The summed E-state index contributed by atoms with van der Waals surface area (Å²) in [5, 5.41) is 14.9. The molecule has 162 valence electrons. The van der Waals surface area contributed by atoms with E-state index in [2.05, 4.69) is 10.2 Å². The minimum Gasteiger partial charge on any atom is -0.461 e. The Morgan fingerprint density at radius 1 is 1.07 bits per heavy atom. The highest BCUT2D eigenvalue weighted by Gasteiger charge is 2.47. The van der Waals surface area contributed by atoms with E-state index in [1.165, 1.54) is 0 Å². The number of esters is 1. The fourth-order valence-electron chi connectivity index (χ4n) is 4.65. The Labute approximate surface area is 178 Å². The highest BCUT2D eigenvalue weighted by Crippen LogP contribution is 2.40. The lowest BCUT2D eigenvalue weighted by atomic mass is 9.73. The van der Waals surface area contributed by atoms with Crippen molar-refractivity contribution in [1.82, 2.24) is 10.2 Å². The molecular weight excluding hydrogens is 380 g/mol. The van der Waals surface area contributed by atoms with E-state index in [1.807, 2.05) is 42.5 Å². The number of benzene rings is 1. The van der Waals surface area contributed by atoms with Gasteiger partial charge in [0.1, 0.15) is 18.1 Å². The molecule has 1 aromatic heterocycles. The Balaban J connectivity index is 1.41. The standard InChI is InChI=1S/C24H32N2O4/c27-23(24(28,19-7-3-1-4-8-19)20-9-5-2-6-10-20)29-18-22-12-11-21(30-22)17-26-15-13-25-14-16-26/h1,3-4,7-8,11-12,20,25,28H,2,5-6,9-10,13-18H2/t24-/m0/s1. The van der Waals surface area contributed by atoms with Crippen LogP contribution in [0, 0.1) is 5.92 Å². The van der Waals surface area contributed by atoms with Crippen LogP contribution in [0.5, 0.6) is 0 Å². The molecule has 0 radical (unpaired) electrons. The fraction of sp³-hybridized carbons (Fsp3) is 0.542. The Morgan fingerprint density at radius 2 is 1.77 bits per heavy atom. The summed E-state index contributed by atoms with van der Waals surface area (Å²) in [6.45, 7) is 4.76. The van der Waals surface area contributed by atoms with Gasteiger partial charge in [-0.3, -0.25) is 4.90 Å². The topological polar surface area (TPSA) is 74.9 Å². The summed E-state index contributed by atoms with van der Waals surface area (Å²) in [5.41, 5.74) is -1.00. The molecule has 2 N–H and O–H groups in total. The van der Waals surface area contributed by atoms with Crippen molar-refractivity contribution in [3.05, 3.63) is 59.5 Å². The lowest BCUT2D eigenvalue weighted by Gasteiger charge is -2.36. The number of hydrogen-bond donors (Lipinski definition) is 2. The van der Waals surface area contributed by atoms with Gasteiger partial charge in [0.25, 0.3) is 0 Å². The number of nitrogens with one attached hydrogen (secondary N) is 1. The number of aliphatic hydroxyl groups is 1. The molecule has 1 saturated carbocycles. The number of piperazine rings is 1. The monoisotopic (exact) mass is 412 g/mol. The Kier molecular flexibility index (Phi) is 6.87. The molecule has 2 aliphatic rings. The largest absolute Gasteiger partial charge is 0.461 e. The predicted octanol–water partition coefficient (Wildman–Crippen LogP) is 3.20. The molecule has 1 aliphatic carbocycles. The van der Waals surface area contributed by atoms with Crippen molar-refractivity contribution < 1.29 is 19.1 Å². The van der Waals surface area contributed by atoms with E-state index in [9.17, 15) is 9.90 Å². The van der Waals surface area contributed by atoms with Gasteiger partial charge in [0.05, 0.1) is 6.54 Å². The van der Waals surface area contributed by atoms with Gasteiger partial charge in [0.2, 0.25) is 0 Å². The van der Waals surface area contributed by atoms with Crippen molar-refractivity contribution in [2.24, 2.45) is 5.92 Å². The third kappa shape index (κ3) is 4.77. The summed E-state index contributed by atoms with van der Waals surface area (Å²) in [7, 11) is 0. The van der Waals surface area contributed by atoms with Crippen LogP contribution >= 0.6 is 0 Å². The molecule has 6 nitrogen and oxygen atoms in total. The molecule has 6 heteroatoms. The van der Waals surface area contributed by atoms with Crippen molar-refractivity contribution in [1.29, 1.82) is 0 Å². The van der Waals surface area contributed by atoms with Gasteiger partial charge < -0.3 is 19.6 Å². The van der Waals surface area contributed by atoms with E-state index in [4.69, 9.17) is 9.15 Å². The van der Waals surface area contributed by atoms with Crippen LogP contribution in [-0.2, 0) is 28.3 Å². The van der Waals surface area contributed by atoms with Crippen molar-refractivity contribution in [3.8, 4) is 0 Å². The number of furan rings is 1. The molecule has 0 bridgehead atoms. The van der Waals surface area contributed by atoms with Crippen LogP contribution in [0.1, 0.15) is 49.2 Å². The van der Waals surface area contributed by atoms with Crippen molar-refractivity contribution in [3.63, 3.8) is 0 Å². The molecule has 0 amide bonds. The number of carbonyl (C=O) groups excluding carboxylic acids is 1. The minimum atomic E-state index is -1.61. The van der Waals surface area contributed by atoms with E-state index in [1.54, 1.807) is 0 Å². The van der Waals surface area contributed by atoms with Gasteiger partial charge in [-0.1, -0.05) is 49.6 Å². The summed E-state index contributed by atoms with van der Waals surface area (Å²) in [4.78, 5) is 15.5.